The highest BCUT2D eigenvalue weighted by molar-refractivity contribution is 14.1. The fourth-order valence-electron chi connectivity index (χ4n) is 2.41. The molecule has 1 aliphatic carbocycles. The van der Waals surface area contributed by atoms with Gasteiger partial charge in [-0.3, -0.25) is 4.79 Å². The molecule has 1 amide bonds. The second kappa shape index (κ2) is 7.72. The Morgan fingerprint density at radius 1 is 1.26 bits per heavy atom. The minimum atomic E-state index is -0.0229. The number of carbonyl (C=O) groups excluding carboxylic acids is 1. The molecular weight excluding hydrogens is 353 g/mol. The van der Waals surface area contributed by atoms with E-state index in [9.17, 15) is 4.79 Å². The van der Waals surface area contributed by atoms with Crippen molar-refractivity contribution in [1.82, 2.24) is 5.32 Å². The van der Waals surface area contributed by atoms with Crippen molar-refractivity contribution in [3.05, 3.63) is 27.8 Å². The average Bonchev–Trinajstić information content (AvgIpc) is 2.45. The van der Waals surface area contributed by atoms with Crippen molar-refractivity contribution in [3.63, 3.8) is 0 Å². The van der Waals surface area contributed by atoms with E-state index >= 15 is 0 Å². The first kappa shape index (κ1) is 14.6. The number of hydrogen-bond donors (Lipinski definition) is 1. The van der Waals surface area contributed by atoms with Crippen molar-refractivity contribution in [1.29, 1.82) is 0 Å². The lowest BCUT2D eigenvalue weighted by Gasteiger charge is -2.21. The number of benzene rings is 1. The first-order valence-corrected chi connectivity index (χ1v) is 7.97. The molecule has 0 aliphatic heterocycles. The Morgan fingerprint density at radius 2 is 2.00 bits per heavy atom. The molecular formula is C15H20INO2. The summed E-state index contributed by atoms with van der Waals surface area (Å²) in [6.45, 7) is 0.904. The van der Waals surface area contributed by atoms with Crippen LogP contribution >= 0.6 is 22.6 Å². The molecule has 1 aromatic rings. The standard InChI is InChI=1S/C15H20INO2/c16-13-8-4-5-9-14(13)19-11-15(18)17-10-12-6-2-1-3-7-12/h4-5,8-9,12H,1-3,6-7,10-11H2,(H,17,18). The van der Waals surface area contributed by atoms with Gasteiger partial charge in [0.05, 0.1) is 3.57 Å². The largest absolute Gasteiger partial charge is 0.483 e. The summed E-state index contributed by atoms with van der Waals surface area (Å²) >= 11 is 2.21. The van der Waals surface area contributed by atoms with E-state index in [2.05, 4.69) is 27.9 Å². The van der Waals surface area contributed by atoms with Gasteiger partial charge in [0, 0.05) is 6.54 Å². The normalized spacial score (nSPS) is 16.1. The minimum absolute atomic E-state index is 0.0229. The lowest BCUT2D eigenvalue weighted by Crippen LogP contribution is -2.33. The van der Waals surface area contributed by atoms with Crippen LogP contribution in [0.2, 0.25) is 0 Å². The van der Waals surface area contributed by atoms with Gasteiger partial charge in [0.25, 0.3) is 5.91 Å². The van der Waals surface area contributed by atoms with Crippen LogP contribution in [0.3, 0.4) is 0 Å². The van der Waals surface area contributed by atoms with Gasteiger partial charge in [-0.05, 0) is 53.5 Å². The first-order chi connectivity index (χ1) is 9.25. The number of hydrogen-bond acceptors (Lipinski definition) is 2. The maximum absolute atomic E-state index is 11.7. The summed E-state index contributed by atoms with van der Waals surface area (Å²) in [4.78, 5) is 11.7. The summed E-state index contributed by atoms with van der Waals surface area (Å²) < 4.78 is 6.55. The van der Waals surface area contributed by atoms with Crippen LogP contribution in [0, 0.1) is 9.49 Å². The van der Waals surface area contributed by atoms with Crippen LogP contribution < -0.4 is 10.1 Å². The summed E-state index contributed by atoms with van der Waals surface area (Å²) in [6.07, 6.45) is 6.45. The van der Waals surface area contributed by atoms with E-state index in [0.29, 0.717) is 5.92 Å². The van der Waals surface area contributed by atoms with Gasteiger partial charge in [-0.1, -0.05) is 31.4 Å². The van der Waals surface area contributed by atoms with Crippen molar-refractivity contribution in [2.75, 3.05) is 13.2 Å². The molecule has 0 saturated heterocycles. The van der Waals surface area contributed by atoms with E-state index in [0.717, 1.165) is 15.9 Å². The number of ether oxygens (including phenoxy) is 1. The van der Waals surface area contributed by atoms with Gasteiger partial charge in [0.2, 0.25) is 0 Å². The van der Waals surface area contributed by atoms with Crippen LogP contribution in [-0.4, -0.2) is 19.1 Å². The van der Waals surface area contributed by atoms with Crippen molar-refractivity contribution >= 4 is 28.5 Å². The molecule has 1 aromatic carbocycles. The highest BCUT2D eigenvalue weighted by Crippen LogP contribution is 2.22. The number of para-hydroxylation sites is 1. The molecule has 3 nitrogen and oxygen atoms in total. The van der Waals surface area contributed by atoms with E-state index in [1.165, 1.54) is 32.1 Å². The number of amides is 1. The summed E-state index contributed by atoms with van der Waals surface area (Å²) in [6, 6.07) is 7.72. The van der Waals surface area contributed by atoms with Gasteiger partial charge >= 0.3 is 0 Å². The number of halogens is 1. The first-order valence-electron chi connectivity index (χ1n) is 6.90. The number of carbonyl (C=O) groups is 1. The molecule has 0 spiro atoms. The molecule has 0 aromatic heterocycles. The summed E-state index contributed by atoms with van der Waals surface area (Å²) in [7, 11) is 0. The van der Waals surface area contributed by atoms with E-state index in [1.54, 1.807) is 0 Å². The van der Waals surface area contributed by atoms with Gasteiger partial charge in [-0.25, -0.2) is 0 Å². The van der Waals surface area contributed by atoms with Gasteiger partial charge in [0.15, 0.2) is 6.61 Å². The maximum atomic E-state index is 11.7. The van der Waals surface area contributed by atoms with Crippen LogP contribution in [0.25, 0.3) is 0 Å². The molecule has 0 bridgehead atoms. The Balaban J connectivity index is 1.68. The molecule has 19 heavy (non-hydrogen) atoms. The molecule has 4 heteroatoms. The average molecular weight is 373 g/mol. The quantitative estimate of drug-likeness (QED) is 0.804. The molecule has 1 fully saturated rings. The monoisotopic (exact) mass is 373 g/mol. The SMILES string of the molecule is O=C(COc1ccccc1I)NCC1CCCCC1. The molecule has 1 N–H and O–H groups in total. The van der Waals surface area contributed by atoms with E-state index in [-0.39, 0.29) is 12.5 Å². The Labute approximate surface area is 128 Å². The molecule has 1 aliphatic rings. The van der Waals surface area contributed by atoms with Crippen LogP contribution in [0.1, 0.15) is 32.1 Å². The zero-order valence-electron chi connectivity index (χ0n) is 11.0. The fourth-order valence-corrected chi connectivity index (χ4v) is 2.95. The lowest BCUT2D eigenvalue weighted by atomic mass is 9.89. The van der Waals surface area contributed by atoms with Crippen molar-refractivity contribution in [2.24, 2.45) is 5.92 Å². The molecule has 0 atom stereocenters. The molecule has 0 heterocycles. The smallest absolute Gasteiger partial charge is 0.257 e. The molecule has 2 rings (SSSR count). The predicted octanol–water partition coefficient (Wildman–Crippen LogP) is 3.37. The Morgan fingerprint density at radius 3 is 2.74 bits per heavy atom. The molecule has 1 saturated carbocycles. The van der Waals surface area contributed by atoms with Gasteiger partial charge in [-0.15, -0.1) is 0 Å². The van der Waals surface area contributed by atoms with Gasteiger partial charge < -0.3 is 10.1 Å². The number of nitrogens with one attached hydrogen (secondary N) is 1. The summed E-state index contributed by atoms with van der Waals surface area (Å²) in [5.74, 6) is 1.41. The third-order valence-corrected chi connectivity index (χ3v) is 4.40. The minimum Gasteiger partial charge on any atom is -0.483 e. The zero-order valence-corrected chi connectivity index (χ0v) is 13.2. The Kier molecular flexibility index (Phi) is 5.94. The Bertz CT molecular complexity index is 416. The molecule has 0 radical (unpaired) electrons. The fraction of sp³-hybridized carbons (Fsp3) is 0.533. The Hall–Kier alpha value is -0.780. The third kappa shape index (κ3) is 5.01. The maximum Gasteiger partial charge on any atom is 0.257 e. The van der Waals surface area contributed by atoms with Crippen molar-refractivity contribution < 1.29 is 9.53 Å². The zero-order chi connectivity index (χ0) is 13.5. The highest BCUT2D eigenvalue weighted by atomic mass is 127. The highest BCUT2D eigenvalue weighted by Gasteiger charge is 2.14. The van der Waals surface area contributed by atoms with Crippen molar-refractivity contribution in [2.45, 2.75) is 32.1 Å². The second-order valence-electron chi connectivity index (χ2n) is 5.03. The number of rotatable bonds is 5. The molecule has 0 unspecified atom stereocenters. The van der Waals surface area contributed by atoms with Gasteiger partial charge in [0.1, 0.15) is 5.75 Å². The summed E-state index contributed by atoms with van der Waals surface area (Å²) in [5.41, 5.74) is 0. The summed E-state index contributed by atoms with van der Waals surface area (Å²) in [5, 5.41) is 2.98. The van der Waals surface area contributed by atoms with Crippen LogP contribution in [0.4, 0.5) is 0 Å². The van der Waals surface area contributed by atoms with E-state index in [4.69, 9.17) is 4.74 Å². The second-order valence-corrected chi connectivity index (χ2v) is 6.19. The van der Waals surface area contributed by atoms with Crippen molar-refractivity contribution in [3.8, 4) is 5.75 Å². The van der Waals surface area contributed by atoms with Crippen LogP contribution in [-0.2, 0) is 4.79 Å². The van der Waals surface area contributed by atoms with E-state index in [1.807, 2.05) is 24.3 Å². The van der Waals surface area contributed by atoms with Crippen LogP contribution in [0.5, 0.6) is 5.75 Å². The van der Waals surface area contributed by atoms with E-state index < -0.39 is 0 Å². The third-order valence-electron chi connectivity index (χ3n) is 3.51. The predicted molar refractivity (Wildman–Crippen MR) is 84.2 cm³/mol. The lowest BCUT2D eigenvalue weighted by molar-refractivity contribution is -0.123. The molecule has 104 valence electrons. The van der Waals surface area contributed by atoms with Gasteiger partial charge in [-0.2, -0.15) is 0 Å². The van der Waals surface area contributed by atoms with Crippen LogP contribution in [0.15, 0.2) is 24.3 Å². The topological polar surface area (TPSA) is 38.3 Å².